The molecule has 0 amide bonds. The molecule has 0 heterocycles. The predicted octanol–water partition coefficient (Wildman–Crippen LogP) is 2.62. The second kappa shape index (κ2) is 7.51. The molecule has 3 nitrogen and oxygen atoms in total. The van der Waals surface area contributed by atoms with E-state index in [-0.39, 0.29) is 12.1 Å². The van der Waals surface area contributed by atoms with E-state index < -0.39 is 0 Å². The third-order valence-corrected chi connectivity index (χ3v) is 3.41. The van der Waals surface area contributed by atoms with Gasteiger partial charge in [-0.1, -0.05) is 26.0 Å². The van der Waals surface area contributed by atoms with Gasteiger partial charge in [-0.05, 0) is 49.9 Å². The summed E-state index contributed by atoms with van der Waals surface area (Å²) in [5.41, 5.74) is 1.07. The van der Waals surface area contributed by atoms with Gasteiger partial charge in [-0.3, -0.25) is 0 Å². The molecular formula is C16H27NO2. The van der Waals surface area contributed by atoms with Crippen molar-refractivity contribution in [3.63, 3.8) is 0 Å². The Bertz CT molecular complexity index is 362. The van der Waals surface area contributed by atoms with Gasteiger partial charge < -0.3 is 15.2 Å². The van der Waals surface area contributed by atoms with Gasteiger partial charge in [0.1, 0.15) is 5.75 Å². The molecule has 1 atom stereocenters. The lowest BCUT2D eigenvalue weighted by atomic mass is 9.93. The van der Waals surface area contributed by atoms with Crippen molar-refractivity contribution in [1.82, 2.24) is 5.32 Å². The van der Waals surface area contributed by atoms with Crippen molar-refractivity contribution in [1.29, 1.82) is 0 Å². The van der Waals surface area contributed by atoms with Crippen LogP contribution in [0.25, 0.3) is 0 Å². The van der Waals surface area contributed by atoms with E-state index in [9.17, 15) is 5.11 Å². The number of hydrogen-bond donors (Lipinski definition) is 2. The second-order valence-corrected chi connectivity index (χ2v) is 5.84. The van der Waals surface area contributed by atoms with Gasteiger partial charge in [-0.25, -0.2) is 0 Å². The first-order valence-electron chi connectivity index (χ1n) is 6.98. The minimum Gasteiger partial charge on any atom is -0.497 e. The van der Waals surface area contributed by atoms with Crippen LogP contribution in [0.5, 0.6) is 5.75 Å². The van der Waals surface area contributed by atoms with Crippen molar-refractivity contribution in [2.24, 2.45) is 5.92 Å². The molecule has 0 spiro atoms. The molecule has 1 aromatic carbocycles. The third kappa shape index (κ3) is 5.62. The molecule has 2 N–H and O–H groups in total. The Hall–Kier alpha value is -1.06. The highest BCUT2D eigenvalue weighted by molar-refractivity contribution is 5.27. The largest absolute Gasteiger partial charge is 0.497 e. The summed E-state index contributed by atoms with van der Waals surface area (Å²) in [6.07, 6.45) is 1.87. The van der Waals surface area contributed by atoms with E-state index in [4.69, 9.17) is 4.74 Å². The molecule has 1 unspecified atom stereocenters. The summed E-state index contributed by atoms with van der Waals surface area (Å²) >= 11 is 0. The molecule has 0 bridgehead atoms. The number of hydrogen-bond acceptors (Lipinski definition) is 3. The number of rotatable bonds is 8. The quantitative estimate of drug-likeness (QED) is 0.759. The monoisotopic (exact) mass is 265 g/mol. The molecule has 0 fully saturated rings. The van der Waals surface area contributed by atoms with Crippen LogP contribution in [0.2, 0.25) is 0 Å². The fraction of sp³-hybridized carbons (Fsp3) is 0.625. The van der Waals surface area contributed by atoms with E-state index in [1.807, 2.05) is 12.1 Å². The molecule has 108 valence electrons. The molecule has 1 rings (SSSR count). The normalized spacial score (nSPS) is 14.4. The fourth-order valence-electron chi connectivity index (χ4n) is 1.89. The SMILES string of the molecule is COc1ccc(CCC(C)(CO)NCC(C)C)cc1. The van der Waals surface area contributed by atoms with E-state index >= 15 is 0 Å². The van der Waals surface area contributed by atoms with Crippen LogP contribution in [0, 0.1) is 5.92 Å². The van der Waals surface area contributed by atoms with Crippen molar-refractivity contribution in [2.75, 3.05) is 20.3 Å². The zero-order valence-electron chi connectivity index (χ0n) is 12.6. The molecule has 0 aromatic heterocycles. The van der Waals surface area contributed by atoms with Gasteiger partial charge in [0, 0.05) is 5.54 Å². The maximum Gasteiger partial charge on any atom is 0.118 e. The lowest BCUT2D eigenvalue weighted by molar-refractivity contribution is 0.162. The number of aliphatic hydroxyl groups is 1. The highest BCUT2D eigenvalue weighted by Gasteiger charge is 2.22. The van der Waals surface area contributed by atoms with Gasteiger partial charge in [-0.15, -0.1) is 0 Å². The van der Waals surface area contributed by atoms with E-state index in [1.54, 1.807) is 7.11 Å². The van der Waals surface area contributed by atoms with Crippen molar-refractivity contribution in [2.45, 2.75) is 39.2 Å². The Balaban J connectivity index is 2.51. The van der Waals surface area contributed by atoms with Crippen LogP contribution in [0.3, 0.4) is 0 Å². The topological polar surface area (TPSA) is 41.5 Å². The van der Waals surface area contributed by atoms with E-state index in [2.05, 4.69) is 38.2 Å². The summed E-state index contributed by atoms with van der Waals surface area (Å²) in [6, 6.07) is 8.12. The Morgan fingerprint density at radius 1 is 1.26 bits per heavy atom. The number of methoxy groups -OCH3 is 1. The lowest BCUT2D eigenvalue weighted by Gasteiger charge is -2.30. The molecule has 3 heteroatoms. The van der Waals surface area contributed by atoms with Gasteiger partial charge in [0.05, 0.1) is 13.7 Å². The molecule has 0 aliphatic rings. The van der Waals surface area contributed by atoms with Crippen molar-refractivity contribution >= 4 is 0 Å². The van der Waals surface area contributed by atoms with Crippen molar-refractivity contribution in [3.05, 3.63) is 29.8 Å². The third-order valence-electron chi connectivity index (χ3n) is 3.41. The molecular weight excluding hydrogens is 238 g/mol. The van der Waals surface area contributed by atoms with E-state index in [0.717, 1.165) is 25.1 Å². The van der Waals surface area contributed by atoms with Crippen LogP contribution in [0.15, 0.2) is 24.3 Å². The van der Waals surface area contributed by atoms with E-state index in [1.165, 1.54) is 5.56 Å². The summed E-state index contributed by atoms with van der Waals surface area (Å²) in [5, 5.41) is 13.0. The second-order valence-electron chi connectivity index (χ2n) is 5.84. The zero-order valence-corrected chi connectivity index (χ0v) is 12.6. The van der Waals surface area contributed by atoms with Gasteiger partial charge in [0.2, 0.25) is 0 Å². The maximum atomic E-state index is 9.58. The Morgan fingerprint density at radius 2 is 1.89 bits per heavy atom. The average Bonchev–Trinajstić information content (AvgIpc) is 2.43. The van der Waals surface area contributed by atoms with Gasteiger partial charge in [0.15, 0.2) is 0 Å². The predicted molar refractivity (Wildman–Crippen MR) is 79.6 cm³/mol. The highest BCUT2D eigenvalue weighted by Crippen LogP contribution is 2.17. The van der Waals surface area contributed by atoms with Gasteiger partial charge in [-0.2, -0.15) is 0 Å². The minimum atomic E-state index is -0.204. The number of benzene rings is 1. The molecule has 0 aliphatic heterocycles. The lowest BCUT2D eigenvalue weighted by Crippen LogP contribution is -2.47. The first-order chi connectivity index (χ1) is 8.99. The standard InChI is InChI=1S/C16H27NO2/c1-13(2)11-17-16(3,12-18)10-9-14-5-7-15(19-4)8-6-14/h5-8,13,17-18H,9-12H2,1-4H3. The smallest absolute Gasteiger partial charge is 0.118 e. The van der Waals surface area contributed by atoms with Crippen LogP contribution in [0.4, 0.5) is 0 Å². The van der Waals surface area contributed by atoms with Gasteiger partial charge >= 0.3 is 0 Å². The minimum absolute atomic E-state index is 0.163. The summed E-state index contributed by atoms with van der Waals surface area (Å²) in [4.78, 5) is 0. The van der Waals surface area contributed by atoms with E-state index in [0.29, 0.717) is 5.92 Å². The molecule has 0 radical (unpaired) electrons. The number of aryl methyl sites for hydroxylation is 1. The van der Waals surface area contributed by atoms with Crippen LogP contribution >= 0.6 is 0 Å². The fourth-order valence-corrected chi connectivity index (χ4v) is 1.89. The molecule has 19 heavy (non-hydrogen) atoms. The van der Waals surface area contributed by atoms with Crippen molar-refractivity contribution in [3.8, 4) is 5.75 Å². The maximum absolute atomic E-state index is 9.58. The summed E-state index contributed by atoms with van der Waals surface area (Å²) in [7, 11) is 1.67. The van der Waals surface area contributed by atoms with Gasteiger partial charge in [0.25, 0.3) is 0 Å². The van der Waals surface area contributed by atoms with Crippen molar-refractivity contribution < 1.29 is 9.84 Å². The number of ether oxygens (including phenoxy) is 1. The molecule has 0 aliphatic carbocycles. The highest BCUT2D eigenvalue weighted by atomic mass is 16.5. The molecule has 1 aromatic rings. The summed E-state index contributed by atoms with van der Waals surface area (Å²) in [5.74, 6) is 1.47. The van der Waals surface area contributed by atoms with Crippen LogP contribution in [0.1, 0.15) is 32.8 Å². The Kier molecular flexibility index (Phi) is 6.32. The van der Waals surface area contributed by atoms with Crippen LogP contribution in [-0.4, -0.2) is 30.9 Å². The summed E-state index contributed by atoms with van der Waals surface area (Å²) in [6.45, 7) is 7.52. The molecule has 0 saturated heterocycles. The number of aliphatic hydroxyl groups excluding tert-OH is 1. The summed E-state index contributed by atoms with van der Waals surface area (Å²) < 4.78 is 5.15. The first-order valence-corrected chi connectivity index (χ1v) is 6.98. The average molecular weight is 265 g/mol. The Labute approximate surface area is 117 Å². The molecule has 0 saturated carbocycles. The number of nitrogens with one attached hydrogen (secondary N) is 1. The zero-order chi connectivity index (χ0) is 14.3. The Morgan fingerprint density at radius 3 is 2.37 bits per heavy atom. The van der Waals surface area contributed by atoms with Crippen LogP contribution in [-0.2, 0) is 6.42 Å². The van der Waals surface area contributed by atoms with Crippen LogP contribution < -0.4 is 10.1 Å². The first kappa shape index (κ1) is 16.0.